The summed E-state index contributed by atoms with van der Waals surface area (Å²) in [5, 5.41) is 9.74. The van der Waals surface area contributed by atoms with Crippen LogP contribution in [0.3, 0.4) is 0 Å². The number of hydrogen-bond acceptors (Lipinski definition) is 2. The second-order valence-corrected chi connectivity index (χ2v) is 6.30. The summed E-state index contributed by atoms with van der Waals surface area (Å²) >= 11 is 1.55. The molecular weight excluding hydrogens is 271 g/mol. The molecule has 0 aliphatic carbocycles. The van der Waals surface area contributed by atoms with Gasteiger partial charge in [-0.05, 0) is 54.3 Å². The molecule has 2 rings (SSSR count). The zero-order valence-electron chi connectivity index (χ0n) is 11.9. The molecule has 0 amide bonds. The molecule has 0 fully saturated rings. The Hall–Kier alpha value is -1.32. The van der Waals surface area contributed by atoms with E-state index in [1.54, 1.807) is 24.8 Å². The third-order valence-electron chi connectivity index (χ3n) is 3.20. The van der Waals surface area contributed by atoms with Crippen molar-refractivity contribution in [1.29, 1.82) is 0 Å². The molecule has 0 aromatic heterocycles. The highest BCUT2D eigenvalue weighted by molar-refractivity contribution is 7.99. The second kappa shape index (κ2) is 6.42. The van der Waals surface area contributed by atoms with Crippen LogP contribution < -0.4 is 0 Å². The van der Waals surface area contributed by atoms with Crippen LogP contribution in [0.4, 0.5) is 4.39 Å². The van der Waals surface area contributed by atoms with Gasteiger partial charge >= 0.3 is 0 Å². The number of hydrogen-bond donors (Lipinski definition) is 1. The molecule has 0 radical (unpaired) electrons. The van der Waals surface area contributed by atoms with Crippen LogP contribution in [0, 0.1) is 5.82 Å². The summed E-state index contributed by atoms with van der Waals surface area (Å²) in [6.45, 7) is 5.97. The number of aliphatic hydroxyl groups excluding tert-OH is 1. The van der Waals surface area contributed by atoms with Crippen molar-refractivity contribution in [1.82, 2.24) is 0 Å². The van der Waals surface area contributed by atoms with Gasteiger partial charge in [-0.25, -0.2) is 4.39 Å². The maximum Gasteiger partial charge on any atom is 0.123 e. The van der Waals surface area contributed by atoms with E-state index >= 15 is 0 Å². The lowest BCUT2D eigenvalue weighted by molar-refractivity contribution is 0.196. The van der Waals surface area contributed by atoms with Crippen molar-refractivity contribution < 1.29 is 9.50 Å². The Labute approximate surface area is 123 Å². The predicted molar refractivity (Wildman–Crippen MR) is 81.7 cm³/mol. The van der Waals surface area contributed by atoms with Crippen LogP contribution in [0.15, 0.2) is 52.3 Å². The second-order valence-electron chi connectivity index (χ2n) is 5.18. The molecule has 0 spiro atoms. The first-order chi connectivity index (χ1) is 9.47. The lowest BCUT2D eigenvalue weighted by atomic mass is 10.0. The van der Waals surface area contributed by atoms with Crippen molar-refractivity contribution >= 4 is 11.8 Å². The van der Waals surface area contributed by atoms with Crippen LogP contribution >= 0.6 is 11.8 Å². The van der Waals surface area contributed by atoms with Gasteiger partial charge in [0.05, 0.1) is 6.10 Å². The molecule has 3 heteroatoms. The number of rotatable bonds is 4. The van der Waals surface area contributed by atoms with Gasteiger partial charge in [0.25, 0.3) is 0 Å². The summed E-state index contributed by atoms with van der Waals surface area (Å²) in [6, 6.07) is 12.9. The van der Waals surface area contributed by atoms with Gasteiger partial charge in [-0.3, -0.25) is 0 Å². The standard InChI is InChI=1S/C17H19FOS/c1-11(2)13-4-7-15(8-5-13)20-17-9-6-14(18)10-16(17)12(3)19/h4-12,19H,1-3H3/t12-/m0/s1. The van der Waals surface area contributed by atoms with Gasteiger partial charge in [0.1, 0.15) is 5.82 Å². The number of halogens is 1. The molecule has 1 atom stereocenters. The Kier molecular flexibility index (Phi) is 4.84. The Morgan fingerprint density at radius 3 is 2.20 bits per heavy atom. The van der Waals surface area contributed by atoms with Crippen LogP contribution in [0.25, 0.3) is 0 Å². The largest absolute Gasteiger partial charge is 0.389 e. The molecule has 0 heterocycles. The first-order valence-corrected chi connectivity index (χ1v) is 7.54. The third-order valence-corrected chi connectivity index (χ3v) is 4.30. The van der Waals surface area contributed by atoms with E-state index in [-0.39, 0.29) is 5.82 Å². The van der Waals surface area contributed by atoms with Gasteiger partial charge in [-0.15, -0.1) is 0 Å². The van der Waals surface area contributed by atoms with Crippen molar-refractivity contribution in [2.45, 2.75) is 42.6 Å². The molecule has 0 unspecified atom stereocenters. The Morgan fingerprint density at radius 1 is 1.00 bits per heavy atom. The molecule has 0 aliphatic rings. The first kappa shape index (κ1) is 15.1. The van der Waals surface area contributed by atoms with Crippen LogP contribution in [0.1, 0.15) is 43.9 Å². The quantitative estimate of drug-likeness (QED) is 0.840. The summed E-state index contributed by atoms with van der Waals surface area (Å²) in [5.41, 5.74) is 1.92. The van der Waals surface area contributed by atoms with Crippen molar-refractivity contribution in [3.63, 3.8) is 0 Å². The summed E-state index contributed by atoms with van der Waals surface area (Å²) in [5.74, 6) is 0.188. The Balaban J connectivity index is 2.25. The monoisotopic (exact) mass is 290 g/mol. The lowest BCUT2D eigenvalue weighted by Crippen LogP contribution is -1.95. The summed E-state index contributed by atoms with van der Waals surface area (Å²) in [4.78, 5) is 1.97. The third kappa shape index (κ3) is 3.62. The van der Waals surface area contributed by atoms with Crippen molar-refractivity contribution in [2.24, 2.45) is 0 Å². The number of aliphatic hydroxyl groups is 1. The maximum absolute atomic E-state index is 13.3. The minimum Gasteiger partial charge on any atom is -0.389 e. The fraction of sp³-hybridized carbons (Fsp3) is 0.294. The normalized spacial score (nSPS) is 12.7. The molecule has 1 N–H and O–H groups in total. The van der Waals surface area contributed by atoms with Gasteiger partial charge in [-0.1, -0.05) is 37.7 Å². The smallest absolute Gasteiger partial charge is 0.123 e. The predicted octanol–water partition coefficient (Wildman–Crippen LogP) is 5.15. The fourth-order valence-electron chi connectivity index (χ4n) is 1.99. The van der Waals surface area contributed by atoms with Crippen LogP contribution in [0.2, 0.25) is 0 Å². The molecule has 2 aromatic rings. The van der Waals surface area contributed by atoms with Crippen molar-refractivity contribution in [2.75, 3.05) is 0 Å². The Bertz CT molecular complexity index is 576. The van der Waals surface area contributed by atoms with E-state index in [1.165, 1.54) is 17.7 Å². The zero-order chi connectivity index (χ0) is 14.7. The number of benzene rings is 2. The van der Waals surface area contributed by atoms with E-state index in [0.29, 0.717) is 11.5 Å². The van der Waals surface area contributed by atoms with Crippen LogP contribution in [0.5, 0.6) is 0 Å². The maximum atomic E-state index is 13.3. The fourth-order valence-corrected chi connectivity index (χ4v) is 3.00. The summed E-state index contributed by atoms with van der Waals surface area (Å²) in [6.07, 6.45) is -0.678. The zero-order valence-corrected chi connectivity index (χ0v) is 12.7. The average molecular weight is 290 g/mol. The Morgan fingerprint density at radius 2 is 1.65 bits per heavy atom. The molecule has 2 aromatic carbocycles. The first-order valence-electron chi connectivity index (χ1n) is 6.72. The van der Waals surface area contributed by atoms with E-state index in [4.69, 9.17) is 0 Å². The highest BCUT2D eigenvalue weighted by Gasteiger charge is 2.11. The molecule has 106 valence electrons. The molecular formula is C17H19FOS. The van der Waals surface area contributed by atoms with Gasteiger partial charge < -0.3 is 5.11 Å². The molecule has 0 aliphatic heterocycles. The molecule has 0 saturated carbocycles. The van der Waals surface area contributed by atoms with E-state index in [2.05, 4.69) is 38.1 Å². The van der Waals surface area contributed by atoms with Gasteiger partial charge in [0, 0.05) is 9.79 Å². The van der Waals surface area contributed by atoms with Gasteiger partial charge in [0.2, 0.25) is 0 Å². The van der Waals surface area contributed by atoms with E-state index in [0.717, 1.165) is 9.79 Å². The van der Waals surface area contributed by atoms with Gasteiger partial charge in [0.15, 0.2) is 0 Å². The topological polar surface area (TPSA) is 20.2 Å². The van der Waals surface area contributed by atoms with Gasteiger partial charge in [-0.2, -0.15) is 0 Å². The van der Waals surface area contributed by atoms with E-state index in [9.17, 15) is 9.50 Å². The van der Waals surface area contributed by atoms with Crippen LogP contribution in [-0.4, -0.2) is 5.11 Å². The SMILES string of the molecule is CC(C)c1ccc(Sc2ccc(F)cc2[C@H](C)O)cc1. The minimum atomic E-state index is -0.678. The molecule has 0 bridgehead atoms. The lowest BCUT2D eigenvalue weighted by Gasteiger charge is -2.12. The van der Waals surface area contributed by atoms with Crippen molar-refractivity contribution in [3.05, 3.63) is 59.4 Å². The molecule has 1 nitrogen and oxygen atoms in total. The summed E-state index contributed by atoms with van der Waals surface area (Å²) in [7, 11) is 0. The minimum absolute atomic E-state index is 0.319. The average Bonchev–Trinajstić information content (AvgIpc) is 2.41. The van der Waals surface area contributed by atoms with E-state index in [1.807, 2.05) is 0 Å². The van der Waals surface area contributed by atoms with Crippen molar-refractivity contribution in [3.8, 4) is 0 Å². The van der Waals surface area contributed by atoms with Crippen LogP contribution in [-0.2, 0) is 0 Å². The highest BCUT2D eigenvalue weighted by atomic mass is 32.2. The highest BCUT2D eigenvalue weighted by Crippen LogP contribution is 2.34. The molecule has 0 saturated heterocycles. The molecule has 20 heavy (non-hydrogen) atoms. The van der Waals surface area contributed by atoms with E-state index < -0.39 is 6.10 Å². The summed E-state index contributed by atoms with van der Waals surface area (Å²) < 4.78 is 13.3.